The summed E-state index contributed by atoms with van der Waals surface area (Å²) in [4.78, 5) is 12.9. The molecule has 0 aliphatic heterocycles. The molecular weight excluding hydrogens is 462 g/mol. The highest BCUT2D eigenvalue weighted by Gasteiger charge is 2.18. The van der Waals surface area contributed by atoms with Crippen molar-refractivity contribution in [3.05, 3.63) is 114 Å². The highest BCUT2D eigenvalue weighted by molar-refractivity contribution is 6.06. The Labute approximate surface area is 216 Å². The van der Waals surface area contributed by atoms with Crippen molar-refractivity contribution in [3.63, 3.8) is 0 Å². The Balaban J connectivity index is 1.39. The molecule has 37 heavy (non-hydrogen) atoms. The molecule has 4 aromatic carbocycles. The van der Waals surface area contributed by atoms with Gasteiger partial charge in [0.15, 0.2) is 0 Å². The van der Waals surface area contributed by atoms with Gasteiger partial charge in [-0.3, -0.25) is 4.79 Å². The summed E-state index contributed by atoms with van der Waals surface area (Å²) < 4.78 is 17.5. The molecular formula is C32H27NO4. The van der Waals surface area contributed by atoms with E-state index in [9.17, 15) is 4.79 Å². The largest absolute Gasteiger partial charge is 0.496 e. The number of ether oxygens (including phenoxy) is 2. The van der Waals surface area contributed by atoms with Crippen molar-refractivity contribution in [2.75, 3.05) is 12.4 Å². The molecule has 0 aliphatic rings. The first-order chi connectivity index (χ1) is 18.0. The van der Waals surface area contributed by atoms with Crippen molar-refractivity contribution in [1.29, 1.82) is 0 Å². The van der Waals surface area contributed by atoms with Gasteiger partial charge in [0.25, 0.3) is 0 Å². The maximum Gasteiger partial charge on any atom is 0.248 e. The van der Waals surface area contributed by atoms with Crippen LogP contribution in [-0.2, 0) is 4.79 Å². The smallest absolute Gasteiger partial charge is 0.248 e. The summed E-state index contributed by atoms with van der Waals surface area (Å²) >= 11 is 0. The molecule has 1 heterocycles. The van der Waals surface area contributed by atoms with Gasteiger partial charge in [0.1, 0.15) is 22.8 Å². The second kappa shape index (κ2) is 10.5. The fourth-order valence-electron chi connectivity index (χ4n) is 4.40. The molecule has 5 rings (SSSR count). The lowest BCUT2D eigenvalue weighted by atomic mass is 9.96. The first kappa shape index (κ1) is 23.9. The zero-order valence-corrected chi connectivity index (χ0v) is 20.9. The fourth-order valence-corrected chi connectivity index (χ4v) is 4.40. The normalized spacial score (nSPS) is 11.4. The number of methoxy groups -OCH3 is 1. The number of hydrogen-bond acceptors (Lipinski definition) is 4. The topological polar surface area (TPSA) is 60.7 Å². The van der Waals surface area contributed by atoms with Gasteiger partial charge in [-0.1, -0.05) is 48.5 Å². The monoisotopic (exact) mass is 489 g/mol. The van der Waals surface area contributed by atoms with Crippen molar-refractivity contribution in [1.82, 2.24) is 0 Å². The zero-order chi connectivity index (χ0) is 25.8. The molecule has 1 amide bonds. The molecule has 0 bridgehead atoms. The molecule has 0 radical (unpaired) electrons. The summed E-state index contributed by atoms with van der Waals surface area (Å²) in [6, 6.07) is 29.0. The molecule has 5 aromatic rings. The lowest BCUT2D eigenvalue weighted by Crippen LogP contribution is -2.08. The van der Waals surface area contributed by atoms with Crippen LogP contribution in [0, 0.1) is 6.92 Å². The van der Waals surface area contributed by atoms with E-state index in [4.69, 9.17) is 13.9 Å². The third-order valence-electron chi connectivity index (χ3n) is 6.21. The molecule has 1 N–H and O–H groups in total. The number of allylic oxidation sites excluding steroid dienone is 1. The number of hydrogen-bond donors (Lipinski definition) is 1. The van der Waals surface area contributed by atoms with Crippen LogP contribution >= 0.6 is 0 Å². The Morgan fingerprint density at radius 1 is 0.892 bits per heavy atom. The van der Waals surface area contributed by atoms with Crippen molar-refractivity contribution in [3.8, 4) is 28.4 Å². The summed E-state index contributed by atoms with van der Waals surface area (Å²) in [7, 11) is 1.63. The van der Waals surface area contributed by atoms with E-state index in [-0.39, 0.29) is 5.91 Å². The molecule has 0 saturated carbocycles. The van der Waals surface area contributed by atoms with Gasteiger partial charge in [-0.15, -0.1) is 0 Å². The maximum atomic E-state index is 12.9. The lowest BCUT2D eigenvalue weighted by Gasteiger charge is -2.13. The molecule has 0 saturated heterocycles. The van der Waals surface area contributed by atoms with Crippen molar-refractivity contribution in [2.24, 2.45) is 0 Å². The summed E-state index contributed by atoms with van der Waals surface area (Å²) in [6.07, 6.45) is 3.35. The van der Waals surface area contributed by atoms with E-state index >= 15 is 0 Å². The maximum absolute atomic E-state index is 12.9. The van der Waals surface area contributed by atoms with E-state index in [1.165, 1.54) is 0 Å². The molecule has 1 aromatic heterocycles. The van der Waals surface area contributed by atoms with Crippen molar-refractivity contribution >= 4 is 28.1 Å². The van der Waals surface area contributed by atoms with Crippen LogP contribution in [0.2, 0.25) is 0 Å². The molecule has 0 aliphatic carbocycles. The van der Waals surface area contributed by atoms with Gasteiger partial charge >= 0.3 is 0 Å². The Hall–Kier alpha value is -4.77. The lowest BCUT2D eigenvalue weighted by molar-refractivity contribution is -0.111. The van der Waals surface area contributed by atoms with E-state index < -0.39 is 0 Å². The Morgan fingerprint density at radius 2 is 1.54 bits per heavy atom. The van der Waals surface area contributed by atoms with Gasteiger partial charge in [-0.05, 0) is 67.4 Å². The van der Waals surface area contributed by atoms with Crippen LogP contribution in [0.3, 0.4) is 0 Å². The zero-order valence-electron chi connectivity index (χ0n) is 20.9. The van der Waals surface area contributed by atoms with Crippen LogP contribution < -0.4 is 14.8 Å². The first-order valence-electron chi connectivity index (χ1n) is 12.0. The molecule has 0 unspecified atom stereocenters. The quantitative estimate of drug-likeness (QED) is 0.234. The summed E-state index contributed by atoms with van der Waals surface area (Å²) in [5.74, 6) is 1.90. The van der Waals surface area contributed by atoms with Gasteiger partial charge in [0.05, 0.1) is 13.4 Å². The molecule has 0 fully saturated rings. The summed E-state index contributed by atoms with van der Waals surface area (Å²) in [6.45, 7) is 3.87. The average Bonchev–Trinajstić information content (AvgIpc) is 3.35. The second-order valence-corrected chi connectivity index (χ2v) is 8.73. The molecule has 5 nitrogen and oxygen atoms in total. The van der Waals surface area contributed by atoms with Crippen LogP contribution in [0.25, 0.3) is 27.7 Å². The van der Waals surface area contributed by atoms with Gasteiger partial charge in [0, 0.05) is 33.8 Å². The minimum atomic E-state index is -0.232. The van der Waals surface area contributed by atoms with E-state index in [2.05, 4.69) is 17.4 Å². The third-order valence-corrected chi connectivity index (χ3v) is 6.21. The minimum Gasteiger partial charge on any atom is -0.496 e. The van der Waals surface area contributed by atoms with Crippen LogP contribution in [0.4, 0.5) is 5.69 Å². The molecule has 0 atom stereocenters. The number of anilines is 1. The number of nitrogens with one attached hydrogen (secondary N) is 1. The number of fused-ring (bicyclic) bond motifs is 1. The number of amides is 1. The van der Waals surface area contributed by atoms with Gasteiger partial charge in [-0.25, -0.2) is 0 Å². The number of furan rings is 1. The Morgan fingerprint density at radius 3 is 2.22 bits per heavy atom. The summed E-state index contributed by atoms with van der Waals surface area (Å²) in [5.41, 5.74) is 6.02. The van der Waals surface area contributed by atoms with Crippen LogP contribution in [0.15, 0.2) is 108 Å². The molecule has 184 valence electrons. The standard InChI is InChI=1S/C32H27NO4/c1-21(18-30(34)33-24-14-16-26(17-15-24)37-25-12-8-5-9-13-25)27-19-28-29(23-10-6-4-7-11-23)20-36-32(28)22(2)31(27)35-3/h4-20H,1-3H3,(H,33,34)/b21-18+. The highest BCUT2D eigenvalue weighted by atomic mass is 16.5. The van der Waals surface area contributed by atoms with Crippen LogP contribution in [0.1, 0.15) is 18.1 Å². The number of carbonyl (C=O) groups is 1. The van der Waals surface area contributed by atoms with Gasteiger partial charge in [-0.2, -0.15) is 0 Å². The molecule has 5 heteroatoms. The predicted molar refractivity (Wildman–Crippen MR) is 148 cm³/mol. The predicted octanol–water partition coefficient (Wildman–Crippen LogP) is 8.25. The number of para-hydroxylation sites is 1. The first-order valence-corrected chi connectivity index (χ1v) is 12.0. The summed E-state index contributed by atoms with van der Waals surface area (Å²) in [5, 5.41) is 3.90. The van der Waals surface area contributed by atoms with Gasteiger partial charge < -0.3 is 19.2 Å². The highest BCUT2D eigenvalue weighted by Crippen LogP contribution is 2.40. The average molecular weight is 490 g/mol. The van der Waals surface area contributed by atoms with Crippen molar-refractivity contribution < 1.29 is 18.7 Å². The fraction of sp³-hybridized carbons (Fsp3) is 0.0938. The Bertz CT molecular complexity index is 1570. The van der Waals surface area contributed by atoms with Crippen LogP contribution in [-0.4, -0.2) is 13.0 Å². The second-order valence-electron chi connectivity index (χ2n) is 8.73. The van der Waals surface area contributed by atoms with E-state index in [1.54, 1.807) is 19.4 Å². The SMILES string of the molecule is COc1c(/C(C)=C/C(=O)Nc2ccc(Oc3ccccc3)cc2)cc2c(-c3ccccc3)coc2c1C. The van der Waals surface area contributed by atoms with E-state index in [1.807, 2.05) is 92.7 Å². The number of rotatable bonds is 7. The minimum absolute atomic E-state index is 0.232. The number of aryl methyl sites for hydroxylation is 1. The number of carbonyl (C=O) groups excluding carboxylic acids is 1. The van der Waals surface area contributed by atoms with E-state index in [0.29, 0.717) is 17.2 Å². The number of benzene rings is 4. The van der Waals surface area contributed by atoms with Crippen LogP contribution in [0.5, 0.6) is 17.2 Å². The Kier molecular flexibility index (Phi) is 6.77. The van der Waals surface area contributed by atoms with Crippen molar-refractivity contribution in [2.45, 2.75) is 13.8 Å². The van der Waals surface area contributed by atoms with E-state index in [0.717, 1.165) is 44.5 Å². The third kappa shape index (κ3) is 5.11. The van der Waals surface area contributed by atoms with Gasteiger partial charge in [0.2, 0.25) is 5.91 Å². The molecule has 0 spiro atoms.